The molecule has 0 fully saturated rings. The summed E-state index contributed by atoms with van der Waals surface area (Å²) >= 11 is 0. The van der Waals surface area contributed by atoms with Gasteiger partial charge >= 0.3 is 0 Å². The third kappa shape index (κ3) is 3.04. The number of hydrogen-bond acceptors (Lipinski definition) is 3. The molecule has 3 aromatic rings. The zero-order chi connectivity index (χ0) is 12.1. The smallest absolute Gasteiger partial charge is 0.112 e. The topological polar surface area (TPSA) is 67.6 Å². The minimum absolute atomic E-state index is 0.829. The molecule has 0 aliphatic rings. The Labute approximate surface area is 99.5 Å². The molecule has 0 bridgehead atoms. The van der Waals surface area contributed by atoms with E-state index in [9.17, 15) is 0 Å². The largest absolute Gasteiger partial charge is 0.399 e. The molecule has 86 valence electrons. The van der Waals surface area contributed by atoms with E-state index in [2.05, 4.69) is 15.4 Å². The molecule has 0 radical (unpaired) electrons. The van der Waals surface area contributed by atoms with E-state index in [0.29, 0.717) is 0 Å². The lowest BCUT2D eigenvalue weighted by Crippen LogP contribution is -1.81. The normalized spacial score (nSPS) is 9.71. The van der Waals surface area contributed by atoms with E-state index in [-0.39, 0.29) is 0 Å². The van der Waals surface area contributed by atoms with Gasteiger partial charge in [-0.15, -0.1) is 5.10 Å². The minimum Gasteiger partial charge on any atom is -0.399 e. The number of aryl methyl sites for hydroxylation is 1. The summed E-state index contributed by atoms with van der Waals surface area (Å²) in [6.07, 6.45) is 0. The van der Waals surface area contributed by atoms with E-state index in [0.717, 1.165) is 16.7 Å². The quantitative estimate of drug-likeness (QED) is 0.579. The van der Waals surface area contributed by atoms with Gasteiger partial charge in [0, 0.05) is 5.69 Å². The molecule has 4 heteroatoms. The number of rotatable bonds is 0. The second kappa shape index (κ2) is 5.12. The van der Waals surface area contributed by atoms with E-state index in [1.165, 1.54) is 5.56 Å². The van der Waals surface area contributed by atoms with Crippen LogP contribution in [0.5, 0.6) is 0 Å². The number of fused-ring (bicyclic) bond motifs is 1. The molecular weight excluding hydrogens is 212 g/mol. The number of nitrogen functional groups attached to an aromatic ring is 1. The van der Waals surface area contributed by atoms with Crippen molar-refractivity contribution in [1.29, 1.82) is 0 Å². The highest BCUT2D eigenvalue weighted by atomic mass is 15.3. The fraction of sp³-hybridized carbons (Fsp3) is 0.0769. The number of nitrogens with one attached hydrogen (secondary N) is 1. The van der Waals surface area contributed by atoms with Gasteiger partial charge in [-0.2, -0.15) is 0 Å². The molecule has 0 aliphatic heterocycles. The van der Waals surface area contributed by atoms with Crippen LogP contribution in [0.25, 0.3) is 11.0 Å². The molecular formula is C13H14N4. The van der Waals surface area contributed by atoms with Crippen LogP contribution in [0, 0.1) is 6.92 Å². The van der Waals surface area contributed by atoms with Gasteiger partial charge in [0.1, 0.15) is 5.52 Å². The molecule has 0 spiro atoms. The highest BCUT2D eigenvalue weighted by Gasteiger charge is 1.90. The maximum Gasteiger partial charge on any atom is 0.112 e. The van der Waals surface area contributed by atoms with Crippen molar-refractivity contribution in [2.75, 3.05) is 5.73 Å². The van der Waals surface area contributed by atoms with E-state index in [4.69, 9.17) is 5.73 Å². The van der Waals surface area contributed by atoms with Gasteiger partial charge in [-0.05, 0) is 31.2 Å². The molecule has 0 atom stereocenters. The first-order chi connectivity index (χ1) is 8.25. The van der Waals surface area contributed by atoms with Gasteiger partial charge < -0.3 is 5.73 Å². The second-order valence-corrected chi connectivity index (χ2v) is 3.74. The third-order valence-electron chi connectivity index (χ3n) is 2.31. The van der Waals surface area contributed by atoms with Crippen LogP contribution in [-0.2, 0) is 0 Å². The Hall–Kier alpha value is -2.36. The molecule has 0 saturated heterocycles. The molecule has 1 heterocycles. The van der Waals surface area contributed by atoms with E-state index < -0.39 is 0 Å². The van der Waals surface area contributed by atoms with Gasteiger partial charge in [-0.3, -0.25) is 5.10 Å². The lowest BCUT2D eigenvalue weighted by Gasteiger charge is -1.90. The van der Waals surface area contributed by atoms with Crippen LogP contribution in [0.15, 0.2) is 48.5 Å². The van der Waals surface area contributed by atoms with Crippen LogP contribution in [0.2, 0.25) is 0 Å². The van der Waals surface area contributed by atoms with Crippen LogP contribution >= 0.6 is 0 Å². The summed E-state index contributed by atoms with van der Waals surface area (Å²) in [5.41, 5.74) is 9.40. The first kappa shape index (κ1) is 11.1. The number of hydrogen-bond donors (Lipinski definition) is 2. The number of anilines is 1. The van der Waals surface area contributed by atoms with Crippen molar-refractivity contribution in [3.63, 3.8) is 0 Å². The molecule has 0 aliphatic carbocycles. The summed E-state index contributed by atoms with van der Waals surface area (Å²) in [7, 11) is 0. The van der Waals surface area contributed by atoms with E-state index >= 15 is 0 Å². The summed E-state index contributed by atoms with van der Waals surface area (Å²) in [5, 5.41) is 10.2. The van der Waals surface area contributed by atoms with E-state index in [1.807, 2.05) is 55.5 Å². The minimum atomic E-state index is 0.829. The van der Waals surface area contributed by atoms with Crippen LogP contribution in [-0.4, -0.2) is 15.4 Å². The SMILES string of the molecule is Cc1ccc(N)cc1.c1ccc2[nH]nnc2c1. The third-order valence-corrected chi connectivity index (χ3v) is 2.31. The van der Waals surface area contributed by atoms with Gasteiger partial charge in [0.2, 0.25) is 0 Å². The molecule has 3 rings (SSSR count). The van der Waals surface area contributed by atoms with Gasteiger partial charge in [-0.25, -0.2) is 0 Å². The molecule has 17 heavy (non-hydrogen) atoms. The van der Waals surface area contributed by atoms with E-state index in [1.54, 1.807) is 0 Å². The second-order valence-electron chi connectivity index (χ2n) is 3.74. The standard InChI is InChI=1S/C7H9N.C6H5N3/c1-6-2-4-7(8)5-3-6;1-2-4-6-5(3-1)7-9-8-6/h2-5H,8H2,1H3;1-4H,(H,7,8,9). The van der Waals surface area contributed by atoms with Crippen LogP contribution in [0.3, 0.4) is 0 Å². The number of aromatic nitrogens is 3. The van der Waals surface area contributed by atoms with Gasteiger partial charge in [0.05, 0.1) is 5.52 Å². The Morgan fingerprint density at radius 1 is 1.00 bits per heavy atom. The summed E-state index contributed by atoms with van der Waals surface area (Å²) in [6, 6.07) is 15.5. The predicted octanol–water partition coefficient (Wildman–Crippen LogP) is 2.54. The lowest BCUT2D eigenvalue weighted by molar-refractivity contribution is 0.959. The Morgan fingerprint density at radius 2 is 1.71 bits per heavy atom. The summed E-state index contributed by atoms with van der Waals surface area (Å²) in [5.74, 6) is 0. The molecule has 0 amide bonds. The maximum atomic E-state index is 5.43. The molecule has 0 unspecified atom stereocenters. The van der Waals surface area contributed by atoms with Crippen molar-refractivity contribution in [2.24, 2.45) is 0 Å². The van der Waals surface area contributed by atoms with Crippen molar-refractivity contribution in [1.82, 2.24) is 15.4 Å². The highest BCUT2D eigenvalue weighted by Crippen LogP contribution is 2.03. The molecule has 0 saturated carbocycles. The summed E-state index contributed by atoms with van der Waals surface area (Å²) in [4.78, 5) is 0. The van der Waals surface area contributed by atoms with Crippen molar-refractivity contribution in [2.45, 2.75) is 6.92 Å². The van der Waals surface area contributed by atoms with Gasteiger partial charge in [0.15, 0.2) is 0 Å². The fourth-order valence-corrected chi connectivity index (χ4v) is 1.35. The summed E-state index contributed by atoms with van der Waals surface area (Å²) in [6.45, 7) is 2.04. The maximum absolute atomic E-state index is 5.43. The monoisotopic (exact) mass is 226 g/mol. The highest BCUT2D eigenvalue weighted by molar-refractivity contribution is 5.72. The Kier molecular flexibility index (Phi) is 3.35. The Balaban J connectivity index is 0.000000128. The zero-order valence-electron chi connectivity index (χ0n) is 9.59. The number of aromatic amines is 1. The Bertz CT molecular complexity index is 532. The zero-order valence-corrected chi connectivity index (χ0v) is 9.59. The van der Waals surface area contributed by atoms with Crippen molar-refractivity contribution in [3.05, 3.63) is 54.1 Å². The molecule has 2 aromatic carbocycles. The average Bonchev–Trinajstić information content (AvgIpc) is 2.82. The predicted molar refractivity (Wildman–Crippen MR) is 69.5 cm³/mol. The molecule has 1 aromatic heterocycles. The number of para-hydroxylation sites is 1. The average molecular weight is 226 g/mol. The number of H-pyrrole nitrogens is 1. The molecule has 4 nitrogen and oxygen atoms in total. The van der Waals surface area contributed by atoms with Crippen molar-refractivity contribution >= 4 is 16.7 Å². The number of nitrogens with zero attached hydrogens (tertiary/aromatic N) is 2. The molecule has 3 N–H and O–H groups in total. The van der Waals surface area contributed by atoms with Gasteiger partial charge in [0.25, 0.3) is 0 Å². The number of nitrogens with two attached hydrogens (primary N) is 1. The summed E-state index contributed by atoms with van der Waals surface area (Å²) < 4.78 is 0. The van der Waals surface area contributed by atoms with Crippen molar-refractivity contribution in [3.8, 4) is 0 Å². The van der Waals surface area contributed by atoms with Gasteiger partial charge in [-0.1, -0.05) is 35.0 Å². The fourth-order valence-electron chi connectivity index (χ4n) is 1.35. The first-order valence-electron chi connectivity index (χ1n) is 5.33. The number of benzene rings is 2. The Morgan fingerprint density at radius 3 is 2.35 bits per heavy atom. The van der Waals surface area contributed by atoms with Crippen LogP contribution < -0.4 is 5.73 Å². The van der Waals surface area contributed by atoms with Crippen LogP contribution in [0.1, 0.15) is 5.56 Å². The van der Waals surface area contributed by atoms with Crippen LogP contribution in [0.4, 0.5) is 5.69 Å². The first-order valence-corrected chi connectivity index (χ1v) is 5.33. The lowest BCUT2D eigenvalue weighted by atomic mass is 10.2. The van der Waals surface area contributed by atoms with Crippen molar-refractivity contribution < 1.29 is 0 Å².